The Balaban J connectivity index is 2.90. The predicted octanol–water partition coefficient (Wildman–Crippen LogP) is 0.616. The average Bonchev–Trinajstić information content (AvgIpc) is 2.61. The lowest BCUT2D eigenvalue weighted by molar-refractivity contribution is 0.0689. The predicted molar refractivity (Wildman–Crippen MR) is 64.1 cm³/mol. The van der Waals surface area contributed by atoms with Gasteiger partial charge in [-0.1, -0.05) is 0 Å². The van der Waals surface area contributed by atoms with Crippen molar-refractivity contribution < 1.29 is 14.6 Å². The van der Waals surface area contributed by atoms with Crippen LogP contribution < -0.4 is 4.74 Å². The molecule has 6 heteroatoms. The van der Waals surface area contributed by atoms with Gasteiger partial charge in [-0.2, -0.15) is 5.26 Å². The van der Waals surface area contributed by atoms with Crippen LogP contribution in [0, 0.1) is 11.3 Å². The van der Waals surface area contributed by atoms with Crippen LogP contribution in [0.3, 0.4) is 0 Å². The number of benzene rings is 1. The van der Waals surface area contributed by atoms with E-state index in [1.165, 1.54) is 11.6 Å². The number of carbonyl (C=O) groups is 1. The van der Waals surface area contributed by atoms with Gasteiger partial charge in [0.2, 0.25) is 7.98 Å². The molecule has 1 aromatic heterocycles. The minimum atomic E-state index is -1.11. The maximum Gasteiger partial charge on any atom is 0.352 e. The molecule has 2 rings (SSSR count). The highest BCUT2D eigenvalue weighted by atomic mass is 16.5. The van der Waals surface area contributed by atoms with E-state index >= 15 is 0 Å². The summed E-state index contributed by atoms with van der Waals surface area (Å²) in [7, 11) is 3.15. The molecule has 5 nitrogen and oxygen atoms in total. The van der Waals surface area contributed by atoms with E-state index in [9.17, 15) is 4.79 Å². The van der Waals surface area contributed by atoms with Crippen molar-refractivity contribution in [3.8, 4) is 11.8 Å². The monoisotopic (exact) mass is 228 g/mol. The van der Waals surface area contributed by atoms with E-state index in [-0.39, 0.29) is 11.3 Å². The topological polar surface area (TPSA) is 75.3 Å². The number of nitriles is 1. The van der Waals surface area contributed by atoms with Crippen LogP contribution in [0.15, 0.2) is 18.2 Å². The minimum Gasteiger partial charge on any atom is -0.497 e. The molecule has 2 aromatic rings. The first-order valence-corrected chi connectivity index (χ1v) is 4.90. The largest absolute Gasteiger partial charge is 0.497 e. The van der Waals surface area contributed by atoms with Crippen molar-refractivity contribution in [2.24, 2.45) is 0 Å². The molecule has 0 spiro atoms. The number of carboxylic acids is 1. The van der Waals surface area contributed by atoms with Gasteiger partial charge in [0.15, 0.2) is 0 Å². The molecule has 84 valence electrons. The lowest BCUT2D eigenvalue weighted by Crippen LogP contribution is -2.07. The molecular weight excluding hydrogens is 219 g/mol. The molecule has 17 heavy (non-hydrogen) atoms. The first kappa shape index (κ1) is 11.1. The maximum absolute atomic E-state index is 11.1. The second kappa shape index (κ2) is 3.87. The summed E-state index contributed by atoms with van der Waals surface area (Å²) in [5, 5.41) is 18.8. The highest BCUT2D eigenvalue weighted by molar-refractivity contribution is 6.17. The lowest BCUT2D eigenvalue weighted by atomic mass is 10.1. The van der Waals surface area contributed by atoms with E-state index in [4.69, 9.17) is 15.1 Å². The third-order valence-electron chi connectivity index (χ3n) is 2.72. The number of ether oxygens (including phenoxy) is 1. The van der Waals surface area contributed by atoms with E-state index in [2.05, 4.69) is 0 Å². The van der Waals surface area contributed by atoms with Crippen LogP contribution in [0.5, 0.6) is 5.75 Å². The Morgan fingerprint density at radius 3 is 2.82 bits per heavy atom. The van der Waals surface area contributed by atoms with Crippen LogP contribution in [0.1, 0.15) is 16.1 Å². The van der Waals surface area contributed by atoms with Gasteiger partial charge in [-0.25, -0.2) is 4.79 Å². The van der Waals surface area contributed by atoms with Crippen LogP contribution in [-0.4, -0.2) is 30.6 Å². The fourth-order valence-electron chi connectivity index (χ4n) is 1.91. The van der Waals surface area contributed by atoms with E-state index in [1.807, 2.05) is 6.07 Å². The number of carboxylic acid groups (broad SMARTS) is 1. The molecule has 0 amide bonds. The number of nitrogens with zero attached hydrogens (tertiary/aromatic N) is 2. The normalized spacial score (nSPS) is 10.1. The summed E-state index contributed by atoms with van der Waals surface area (Å²) in [5.74, 6) is -0.487. The van der Waals surface area contributed by atoms with Gasteiger partial charge in [0.1, 0.15) is 17.5 Å². The van der Waals surface area contributed by atoms with Gasteiger partial charge in [0.25, 0.3) is 0 Å². The zero-order valence-corrected chi connectivity index (χ0v) is 9.39. The van der Waals surface area contributed by atoms with Crippen molar-refractivity contribution in [1.29, 1.82) is 5.26 Å². The summed E-state index contributed by atoms with van der Waals surface area (Å²) in [5.41, 5.74) is 0.840. The van der Waals surface area contributed by atoms with Gasteiger partial charge in [-0.3, -0.25) is 0 Å². The van der Waals surface area contributed by atoms with Gasteiger partial charge in [-0.05, 0) is 12.1 Å². The number of hydrogen-bond donors (Lipinski definition) is 1. The van der Waals surface area contributed by atoms with Crippen LogP contribution in [0.2, 0.25) is 0 Å². The Hall–Kier alpha value is -2.42. The molecule has 0 radical (unpaired) electrons. The number of aromatic nitrogens is 1. The van der Waals surface area contributed by atoms with Crippen LogP contribution in [0.4, 0.5) is 0 Å². The van der Waals surface area contributed by atoms with Crippen molar-refractivity contribution in [3.05, 3.63) is 29.5 Å². The second-order valence-corrected chi connectivity index (χ2v) is 3.58. The Morgan fingerprint density at radius 1 is 1.59 bits per heavy atom. The Bertz CT molecular complexity index is 655. The molecule has 1 N–H and O–H groups in total. The number of hydrogen-bond acceptors (Lipinski definition) is 3. The number of methoxy groups -OCH3 is 1. The Morgan fingerprint density at radius 2 is 2.29 bits per heavy atom. The minimum absolute atomic E-state index is 0.00393. The van der Waals surface area contributed by atoms with Gasteiger partial charge in [0, 0.05) is 17.0 Å². The van der Waals surface area contributed by atoms with Crippen LogP contribution >= 0.6 is 0 Å². The van der Waals surface area contributed by atoms with Gasteiger partial charge in [-0.15, -0.1) is 0 Å². The summed E-state index contributed by atoms with van der Waals surface area (Å²) in [6.45, 7) is 0. The summed E-state index contributed by atoms with van der Waals surface area (Å²) in [4.78, 5) is 11.1. The number of fused-ring (bicyclic) bond motifs is 1. The second-order valence-electron chi connectivity index (χ2n) is 3.58. The quantitative estimate of drug-likeness (QED) is 0.764. The molecule has 0 aliphatic rings. The molecule has 0 unspecified atom stereocenters. The van der Waals surface area contributed by atoms with Crippen molar-refractivity contribution in [3.63, 3.8) is 0 Å². The fraction of sp³-hybridized carbons (Fsp3) is 0.0909. The molecule has 0 bridgehead atoms. The van der Waals surface area contributed by atoms with Crippen LogP contribution in [-0.2, 0) is 0 Å². The van der Waals surface area contributed by atoms with Crippen LogP contribution in [0.25, 0.3) is 10.9 Å². The van der Waals surface area contributed by atoms with E-state index in [1.54, 1.807) is 26.2 Å². The molecular formula is C11H9BN2O3. The average molecular weight is 228 g/mol. The van der Waals surface area contributed by atoms with Gasteiger partial charge in [0.05, 0.1) is 12.7 Å². The molecule has 1 aromatic carbocycles. The highest BCUT2D eigenvalue weighted by Gasteiger charge is 2.20. The maximum atomic E-state index is 11.1. The highest BCUT2D eigenvalue weighted by Crippen LogP contribution is 2.27. The Labute approximate surface area is 98.3 Å². The molecule has 0 atom stereocenters. The van der Waals surface area contributed by atoms with Gasteiger partial charge >= 0.3 is 5.97 Å². The molecule has 0 fully saturated rings. The third-order valence-corrected chi connectivity index (χ3v) is 2.72. The smallest absolute Gasteiger partial charge is 0.352 e. The van der Waals surface area contributed by atoms with E-state index < -0.39 is 5.97 Å². The van der Waals surface area contributed by atoms with E-state index in [0.717, 1.165) is 0 Å². The molecule has 0 saturated carbocycles. The first-order chi connectivity index (χ1) is 8.10. The van der Waals surface area contributed by atoms with Crippen molar-refractivity contribution in [1.82, 2.24) is 4.48 Å². The first-order valence-electron chi connectivity index (χ1n) is 4.90. The molecule has 0 saturated heterocycles. The van der Waals surface area contributed by atoms with Crippen molar-refractivity contribution in [2.75, 3.05) is 7.11 Å². The standard InChI is InChI=1S/C11H9BN2O3/c1-17-6-2-3-7-8(5-13)10(11(15)16)14(12)9(7)4-6/h2-4H,12H2,1H3,(H,15,16). The molecule has 0 aliphatic heterocycles. The molecule has 0 aliphatic carbocycles. The van der Waals surface area contributed by atoms with E-state index in [0.29, 0.717) is 16.7 Å². The number of aromatic carboxylic acids is 1. The number of rotatable bonds is 2. The zero-order valence-electron chi connectivity index (χ0n) is 9.39. The third kappa shape index (κ3) is 1.52. The summed E-state index contributed by atoms with van der Waals surface area (Å²) in [6, 6.07) is 7.04. The zero-order chi connectivity index (χ0) is 12.6. The SMILES string of the molecule is Bn1c(C(=O)O)c(C#N)c2ccc(OC)cc21. The van der Waals surface area contributed by atoms with Gasteiger partial charge < -0.3 is 14.3 Å². The molecule has 1 heterocycles. The lowest BCUT2D eigenvalue weighted by Gasteiger charge is -2.02. The fourth-order valence-corrected chi connectivity index (χ4v) is 1.91. The van der Waals surface area contributed by atoms with Crippen molar-refractivity contribution in [2.45, 2.75) is 0 Å². The summed E-state index contributed by atoms with van der Waals surface area (Å²) < 4.78 is 6.56. The summed E-state index contributed by atoms with van der Waals surface area (Å²) >= 11 is 0. The van der Waals surface area contributed by atoms with Crippen molar-refractivity contribution >= 4 is 24.9 Å². The summed E-state index contributed by atoms with van der Waals surface area (Å²) in [6.07, 6.45) is 0. The Kier molecular flexibility index (Phi) is 2.52.